The normalized spacial score (nSPS) is 10.8. The molecule has 1 aromatic heterocycles. The van der Waals surface area contributed by atoms with Crippen molar-refractivity contribution in [3.63, 3.8) is 0 Å². The Kier molecular flexibility index (Phi) is 3.66. The Balaban J connectivity index is 2.35. The van der Waals surface area contributed by atoms with Crippen LogP contribution in [0.2, 0.25) is 0 Å². The second kappa shape index (κ2) is 5.39. The molecule has 0 saturated heterocycles. The van der Waals surface area contributed by atoms with E-state index in [1.54, 1.807) is 38.3 Å². The Bertz CT molecular complexity index is 673. The van der Waals surface area contributed by atoms with Crippen LogP contribution in [0.15, 0.2) is 44.5 Å². The molecule has 0 saturated carbocycles. The third-order valence-corrected chi connectivity index (χ3v) is 2.49. The monoisotopic (exact) mass is 259 g/mol. The van der Waals surface area contributed by atoms with Crippen molar-refractivity contribution < 1.29 is 14.3 Å². The molecular formula is C14H13NO4. The van der Waals surface area contributed by atoms with Crippen molar-refractivity contribution in [3.05, 3.63) is 52.1 Å². The van der Waals surface area contributed by atoms with Crippen LogP contribution in [0.1, 0.15) is 11.3 Å². The molecule has 0 bridgehead atoms. The Morgan fingerprint density at radius 1 is 1.37 bits per heavy atom. The van der Waals surface area contributed by atoms with Crippen LogP contribution in [0.3, 0.4) is 0 Å². The summed E-state index contributed by atoms with van der Waals surface area (Å²) < 4.78 is 9.96. The lowest BCUT2D eigenvalue weighted by Gasteiger charge is -2.00. The predicted octanol–water partition coefficient (Wildman–Crippen LogP) is 2.41. The van der Waals surface area contributed by atoms with Crippen LogP contribution in [0.25, 0.3) is 0 Å². The Morgan fingerprint density at radius 3 is 2.84 bits per heavy atom. The molecule has 0 aliphatic carbocycles. The first-order valence-corrected chi connectivity index (χ1v) is 5.62. The summed E-state index contributed by atoms with van der Waals surface area (Å²) in [5, 5.41) is 9.68. The largest absolute Gasteiger partial charge is 0.507 e. The minimum atomic E-state index is -0.621. The molecular weight excluding hydrogens is 246 g/mol. The zero-order chi connectivity index (χ0) is 13.8. The average molecular weight is 259 g/mol. The molecule has 0 aliphatic heterocycles. The summed E-state index contributed by atoms with van der Waals surface area (Å²) in [4.78, 5) is 15.7. The number of ether oxygens (including phenoxy) is 1. The van der Waals surface area contributed by atoms with Crippen molar-refractivity contribution in [2.45, 2.75) is 6.92 Å². The highest BCUT2D eigenvalue weighted by Gasteiger charge is 2.06. The molecule has 0 unspecified atom stereocenters. The van der Waals surface area contributed by atoms with E-state index in [1.807, 2.05) is 0 Å². The maximum absolute atomic E-state index is 11.6. The summed E-state index contributed by atoms with van der Waals surface area (Å²) >= 11 is 0. The van der Waals surface area contributed by atoms with Crippen LogP contribution in [-0.2, 0) is 0 Å². The molecule has 0 amide bonds. The molecule has 0 aliphatic rings. The molecule has 0 radical (unpaired) electrons. The van der Waals surface area contributed by atoms with Crippen LogP contribution in [0.5, 0.6) is 11.5 Å². The maximum atomic E-state index is 11.6. The Hall–Kier alpha value is -2.56. The lowest BCUT2D eigenvalue weighted by atomic mass is 10.2. The molecule has 2 aromatic rings. The summed E-state index contributed by atoms with van der Waals surface area (Å²) in [6, 6.07) is 8.41. The maximum Gasteiger partial charge on any atom is 0.348 e. The molecule has 5 heteroatoms. The average Bonchev–Trinajstić information content (AvgIpc) is 2.37. The summed E-state index contributed by atoms with van der Waals surface area (Å²) in [6.45, 7) is 1.59. The van der Waals surface area contributed by atoms with Gasteiger partial charge in [0.1, 0.15) is 22.8 Å². The second-order valence-corrected chi connectivity index (χ2v) is 3.90. The van der Waals surface area contributed by atoms with E-state index in [-0.39, 0.29) is 11.3 Å². The number of hydrogen-bond donors (Lipinski definition) is 1. The van der Waals surface area contributed by atoms with E-state index in [4.69, 9.17) is 9.15 Å². The summed E-state index contributed by atoms with van der Waals surface area (Å²) in [7, 11) is 1.56. The van der Waals surface area contributed by atoms with E-state index in [2.05, 4.69) is 4.99 Å². The fourth-order valence-electron chi connectivity index (χ4n) is 1.55. The molecule has 1 N–H and O–H groups in total. The third kappa shape index (κ3) is 3.01. The molecule has 98 valence electrons. The topological polar surface area (TPSA) is 72.0 Å². The third-order valence-electron chi connectivity index (χ3n) is 2.49. The minimum absolute atomic E-state index is 0.0217. The molecule has 19 heavy (non-hydrogen) atoms. The fraction of sp³-hybridized carbons (Fsp3) is 0.143. The van der Waals surface area contributed by atoms with E-state index in [9.17, 15) is 9.90 Å². The van der Waals surface area contributed by atoms with Gasteiger partial charge in [-0.05, 0) is 19.1 Å². The molecule has 0 atom stereocenters. The number of benzene rings is 1. The number of rotatable bonds is 3. The van der Waals surface area contributed by atoms with E-state index < -0.39 is 5.63 Å². The van der Waals surface area contributed by atoms with Crippen LogP contribution in [-0.4, -0.2) is 18.4 Å². The van der Waals surface area contributed by atoms with Gasteiger partial charge in [-0.15, -0.1) is 0 Å². The fourth-order valence-corrected chi connectivity index (χ4v) is 1.55. The molecule has 0 spiro atoms. The summed E-state index contributed by atoms with van der Waals surface area (Å²) in [5.74, 6) is 0.858. The van der Waals surface area contributed by atoms with Gasteiger partial charge in [0, 0.05) is 18.3 Å². The van der Waals surface area contributed by atoms with Gasteiger partial charge in [0.15, 0.2) is 0 Å². The Morgan fingerprint density at radius 2 is 2.16 bits per heavy atom. The highest BCUT2D eigenvalue weighted by molar-refractivity contribution is 5.84. The molecule has 1 heterocycles. The quantitative estimate of drug-likeness (QED) is 0.859. The van der Waals surface area contributed by atoms with Gasteiger partial charge in [-0.2, -0.15) is 0 Å². The number of aliphatic imine (C=N–C) groups is 1. The highest BCUT2D eigenvalue weighted by Crippen LogP contribution is 2.20. The Labute approximate surface area is 109 Å². The van der Waals surface area contributed by atoms with Crippen molar-refractivity contribution in [1.29, 1.82) is 0 Å². The van der Waals surface area contributed by atoms with E-state index >= 15 is 0 Å². The number of nitrogens with zero attached hydrogens (tertiary/aromatic N) is 1. The predicted molar refractivity (Wildman–Crippen MR) is 71.6 cm³/mol. The molecule has 1 aromatic carbocycles. The van der Waals surface area contributed by atoms with Crippen LogP contribution < -0.4 is 10.4 Å². The lowest BCUT2D eigenvalue weighted by molar-refractivity contribution is 0.415. The van der Waals surface area contributed by atoms with Gasteiger partial charge in [-0.1, -0.05) is 6.07 Å². The smallest absolute Gasteiger partial charge is 0.348 e. The zero-order valence-corrected chi connectivity index (χ0v) is 10.6. The van der Waals surface area contributed by atoms with Crippen molar-refractivity contribution in [2.24, 2.45) is 4.99 Å². The van der Waals surface area contributed by atoms with E-state index in [1.165, 1.54) is 12.3 Å². The van der Waals surface area contributed by atoms with Gasteiger partial charge in [0.05, 0.1) is 12.8 Å². The van der Waals surface area contributed by atoms with Gasteiger partial charge in [0.2, 0.25) is 0 Å². The van der Waals surface area contributed by atoms with Crippen LogP contribution in [0.4, 0.5) is 5.69 Å². The minimum Gasteiger partial charge on any atom is -0.507 e. The van der Waals surface area contributed by atoms with Crippen molar-refractivity contribution in [3.8, 4) is 11.5 Å². The summed E-state index contributed by atoms with van der Waals surface area (Å²) in [5.41, 5.74) is 0.0105. The van der Waals surface area contributed by atoms with E-state index in [0.717, 1.165) is 0 Å². The van der Waals surface area contributed by atoms with Gasteiger partial charge >= 0.3 is 5.63 Å². The first kappa shape index (κ1) is 12.9. The number of methoxy groups -OCH3 is 1. The zero-order valence-electron chi connectivity index (χ0n) is 10.6. The van der Waals surface area contributed by atoms with Gasteiger partial charge < -0.3 is 14.3 Å². The molecule has 0 fully saturated rings. The SMILES string of the molecule is COc1cccc(N=Cc2c(O)cc(C)oc2=O)c1. The van der Waals surface area contributed by atoms with E-state index in [0.29, 0.717) is 17.2 Å². The van der Waals surface area contributed by atoms with Crippen molar-refractivity contribution >= 4 is 11.9 Å². The van der Waals surface area contributed by atoms with Gasteiger partial charge in [-0.25, -0.2) is 4.79 Å². The standard InChI is InChI=1S/C14H13NO4/c1-9-6-13(16)12(14(17)19-9)8-15-10-4-3-5-11(7-10)18-2/h3-8,16H,1-2H3. The first-order chi connectivity index (χ1) is 9.10. The second-order valence-electron chi connectivity index (χ2n) is 3.90. The van der Waals surface area contributed by atoms with Crippen molar-refractivity contribution in [2.75, 3.05) is 7.11 Å². The highest BCUT2D eigenvalue weighted by atomic mass is 16.5. The van der Waals surface area contributed by atoms with Gasteiger partial charge in [0.25, 0.3) is 0 Å². The van der Waals surface area contributed by atoms with Crippen molar-refractivity contribution in [1.82, 2.24) is 0 Å². The molecule has 2 rings (SSSR count). The lowest BCUT2D eigenvalue weighted by Crippen LogP contribution is -2.07. The number of aromatic hydroxyl groups is 1. The number of aryl methyl sites for hydroxylation is 1. The summed E-state index contributed by atoms with van der Waals surface area (Å²) in [6.07, 6.45) is 1.27. The van der Waals surface area contributed by atoms with Crippen LogP contribution in [0, 0.1) is 6.92 Å². The number of hydrogen-bond acceptors (Lipinski definition) is 5. The van der Waals surface area contributed by atoms with Crippen LogP contribution >= 0.6 is 0 Å². The first-order valence-electron chi connectivity index (χ1n) is 5.62. The molecule has 5 nitrogen and oxygen atoms in total. The van der Waals surface area contributed by atoms with Gasteiger partial charge in [-0.3, -0.25) is 4.99 Å².